The zero-order chi connectivity index (χ0) is 25.6. The summed E-state index contributed by atoms with van der Waals surface area (Å²) in [7, 11) is -12.5. The minimum Gasteiger partial charge on any atom is -0.351 e. The summed E-state index contributed by atoms with van der Waals surface area (Å²) in [5.41, 5.74) is 0. The van der Waals surface area contributed by atoms with Gasteiger partial charge < -0.3 is 48.3 Å². The van der Waals surface area contributed by atoms with Crippen LogP contribution in [0.2, 0.25) is 0 Å². The molecule has 0 aliphatic heterocycles. The number of hydrogen-bond donors (Lipinski definition) is 8. The highest BCUT2D eigenvalue weighted by atomic mass is 31.2. The Balaban J connectivity index is 5.41. The van der Waals surface area contributed by atoms with E-state index in [4.69, 9.17) is 34.7 Å². The van der Waals surface area contributed by atoms with E-state index in [1.807, 2.05) is 0 Å². The van der Waals surface area contributed by atoms with Crippen molar-refractivity contribution in [3.63, 3.8) is 0 Å². The monoisotopic (exact) mass is 561 g/mol. The maximum Gasteiger partial charge on any atom is 0.339 e. The molecular formula is C9H26B2N3O13P5. The Bertz CT molecular complexity index is 729. The van der Waals surface area contributed by atoms with Crippen molar-refractivity contribution in [3.8, 4) is 0 Å². The van der Waals surface area contributed by atoms with Crippen molar-refractivity contribution in [2.24, 2.45) is 0 Å². The van der Waals surface area contributed by atoms with Crippen molar-refractivity contribution >= 4 is 52.4 Å². The van der Waals surface area contributed by atoms with Crippen LogP contribution >= 0.6 is 37.3 Å². The Labute approximate surface area is 187 Å². The van der Waals surface area contributed by atoms with E-state index in [2.05, 4.69) is 0 Å². The molecule has 0 bridgehead atoms. The van der Waals surface area contributed by atoms with E-state index in [9.17, 15) is 42.4 Å². The molecule has 32 heavy (non-hydrogen) atoms. The van der Waals surface area contributed by atoms with Gasteiger partial charge in [0.1, 0.15) is 18.9 Å². The molecule has 0 heterocycles. The molecule has 2 atom stereocenters. The van der Waals surface area contributed by atoms with E-state index in [1.165, 1.54) is 0 Å². The Kier molecular flexibility index (Phi) is 13.0. The van der Waals surface area contributed by atoms with Crippen LogP contribution in [0, 0.1) is 0 Å². The molecule has 0 aromatic carbocycles. The predicted octanol–water partition coefficient (Wildman–Crippen LogP) is -2.08. The van der Waals surface area contributed by atoms with E-state index >= 15 is 0 Å². The van der Waals surface area contributed by atoms with Crippen molar-refractivity contribution in [2.45, 2.75) is 0 Å². The van der Waals surface area contributed by atoms with Gasteiger partial charge in [0.15, 0.2) is 14.5 Å². The van der Waals surface area contributed by atoms with Gasteiger partial charge in [-0.3, -0.25) is 28.4 Å². The highest BCUT2D eigenvalue weighted by Crippen LogP contribution is 2.42. The second-order valence-electron chi connectivity index (χ2n) is 7.12. The topological polar surface area (TPSA) is 257 Å². The summed E-state index contributed by atoms with van der Waals surface area (Å²) in [6.07, 6.45) is -4.48. The van der Waals surface area contributed by atoms with Crippen LogP contribution in [-0.4, -0.2) is 127 Å². The Hall–Kier alpha value is 0.840. The van der Waals surface area contributed by atoms with E-state index < -0.39 is 75.3 Å². The molecule has 2 unspecified atom stereocenters. The van der Waals surface area contributed by atoms with Gasteiger partial charge in [-0.1, -0.05) is 0 Å². The standard InChI is InChI=1S/C9H26B2N3O13P5/c10-28(15,16)5-13(6-29(11,17)18)3-1-12(7-30(19,20)21)2-4-14(8-31(22,23)24)9-32(25,26)27/h1-9H2,(H,15,16)(H,17,18)(H2,19,20,21)(H2,22,23,24)(H2,25,26,27). The molecule has 16 nitrogen and oxygen atoms in total. The zero-order valence-corrected chi connectivity index (χ0v) is 21.2. The first-order valence-electron chi connectivity index (χ1n) is 8.46. The highest BCUT2D eigenvalue weighted by Gasteiger charge is 2.28. The summed E-state index contributed by atoms with van der Waals surface area (Å²) < 4.78 is 56.7. The van der Waals surface area contributed by atoms with Crippen LogP contribution in [0.25, 0.3) is 0 Å². The van der Waals surface area contributed by atoms with Gasteiger partial charge >= 0.3 is 22.8 Å². The van der Waals surface area contributed by atoms with E-state index in [0.29, 0.717) is 0 Å². The number of hydrogen-bond acceptors (Lipinski definition) is 8. The molecule has 0 aromatic rings. The average molecular weight is 561 g/mol. The molecule has 0 aromatic heterocycles. The van der Waals surface area contributed by atoms with Crippen molar-refractivity contribution in [2.75, 3.05) is 57.6 Å². The minimum absolute atomic E-state index is 0.301. The van der Waals surface area contributed by atoms with Crippen LogP contribution in [0.15, 0.2) is 0 Å². The van der Waals surface area contributed by atoms with Gasteiger partial charge in [0, 0.05) is 26.2 Å². The molecule has 4 radical (unpaired) electrons. The van der Waals surface area contributed by atoms with Crippen molar-refractivity contribution in [3.05, 3.63) is 0 Å². The summed E-state index contributed by atoms with van der Waals surface area (Å²) in [5, 5.41) is 0. The largest absolute Gasteiger partial charge is 0.351 e. The number of nitrogens with zero attached hydrogens (tertiary/aromatic N) is 3. The molecule has 0 aliphatic rings. The van der Waals surface area contributed by atoms with Gasteiger partial charge in [-0.15, -0.1) is 0 Å². The maximum atomic E-state index is 11.5. The van der Waals surface area contributed by atoms with E-state index in [1.54, 1.807) is 0 Å². The average Bonchev–Trinajstić information content (AvgIpc) is 2.41. The molecule has 0 spiro atoms. The minimum atomic E-state index is -4.73. The molecule has 0 aliphatic carbocycles. The fourth-order valence-electron chi connectivity index (χ4n) is 2.55. The first-order chi connectivity index (χ1) is 13.9. The van der Waals surface area contributed by atoms with Gasteiger partial charge in [-0.25, -0.2) is 0 Å². The van der Waals surface area contributed by atoms with Crippen LogP contribution in [0.5, 0.6) is 0 Å². The lowest BCUT2D eigenvalue weighted by Gasteiger charge is -2.31. The summed E-state index contributed by atoms with van der Waals surface area (Å²) in [4.78, 5) is 76.1. The number of rotatable bonds is 16. The third kappa shape index (κ3) is 21.4. The van der Waals surface area contributed by atoms with Crippen molar-refractivity contribution in [1.82, 2.24) is 14.7 Å². The first-order valence-corrected chi connectivity index (χ1v) is 17.7. The highest BCUT2D eigenvalue weighted by molar-refractivity contribution is 7.83. The molecule has 0 amide bonds. The van der Waals surface area contributed by atoms with Gasteiger partial charge in [0.2, 0.25) is 15.1 Å². The van der Waals surface area contributed by atoms with Gasteiger partial charge in [0.25, 0.3) is 0 Å². The molecule has 0 saturated carbocycles. The van der Waals surface area contributed by atoms with Gasteiger partial charge in [-0.2, -0.15) is 0 Å². The Morgan fingerprint density at radius 1 is 0.438 bits per heavy atom. The third-order valence-electron chi connectivity index (χ3n) is 3.42. The van der Waals surface area contributed by atoms with Crippen LogP contribution in [0.3, 0.4) is 0 Å². The Morgan fingerprint density at radius 3 is 0.906 bits per heavy atom. The molecule has 23 heteroatoms. The molecule has 0 fully saturated rings. The summed E-state index contributed by atoms with van der Waals surface area (Å²) in [6, 6.07) is 0. The van der Waals surface area contributed by atoms with Crippen molar-refractivity contribution in [1.29, 1.82) is 0 Å². The van der Waals surface area contributed by atoms with E-state index in [0.717, 1.165) is 14.7 Å². The van der Waals surface area contributed by atoms with Crippen LogP contribution < -0.4 is 0 Å². The molecule has 0 saturated heterocycles. The first kappa shape index (κ1) is 32.8. The van der Waals surface area contributed by atoms with Crippen LogP contribution in [-0.2, 0) is 22.8 Å². The molecule has 186 valence electrons. The SMILES string of the molecule is [B]P(=O)(O)CN(CCN(CCN(CP(=O)(O)O)CP(=O)(O)O)CP(=O)(O)O)CP([B])(=O)O. The summed E-state index contributed by atoms with van der Waals surface area (Å²) in [5.74, 6) is 0. The predicted molar refractivity (Wildman–Crippen MR) is 117 cm³/mol. The molecular weight excluding hydrogens is 535 g/mol. The lowest BCUT2D eigenvalue weighted by Crippen LogP contribution is -2.41. The zero-order valence-electron chi connectivity index (χ0n) is 16.7. The van der Waals surface area contributed by atoms with E-state index in [-0.39, 0.29) is 19.6 Å². The van der Waals surface area contributed by atoms with Crippen molar-refractivity contribution < 1.29 is 62.0 Å². The fourth-order valence-corrected chi connectivity index (χ4v) is 6.82. The second kappa shape index (κ2) is 12.7. The molecule has 8 N–H and O–H groups in total. The third-order valence-corrected chi connectivity index (χ3v) is 7.34. The quantitative estimate of drug-likeness (QED) is 0.0743. The maximum absolute atomic E-state index is 11.5. The fraction of sp³-hybridized carbons (Fsp3) is 1.00. The van der Waals surface area contributed by atoms with Crippen LogP contribution in [0.1, 0.15) is 0 Å². The lowest BCUT2D eigenvalue weighted by atomic mass is 10.4. The summed E-state index contributed by atoms with van der Waals surface area (Å²) >= 11 is 0. The Morgan fingerprint density at radius 2 is 0.656 bits per heavy atom. The van der Waals surface area contributed by atoms with Gasteiger partial charge in [-0.05, 0) is 0 Å². The smallest absolute Gasteiger partial charge is 0.339 e. The van der Waals surface area contributed by atoms with Crippen LogP contribution in [0.4, 0.5) is 0 Å². The van der Waals surface area contributed by atoms with Gasteiger partial charge in [0.05, 0.1) is 12.6 Å². The second-order valence-corrected chi connectivity index (χ2v) is 15.5. The molecule has 0 rings (SSSR count). The summed E-state index contributed by atoms with van der Waals surface area (Å²) in [6.45, 7) is -1.40. The lowest BCUT2D eigenvalue weighted by molar-refractivity contribution is 0.203. The normalized spacial score (nSPS) is 17.6.